The molecule has 2 aliphatic rings. The lowest BCUT2D eigenvalue weighted by atomic mass is 9.93. The van der Waals surface area contributed by atoms with Crippen molar-refractivity contribution in [2.45, 2.75) is 38.3 Å². The molecule has 0 atom stereocenters. The van der Waals surface area contributed by atoms with Crippen molar-refractivity contribution in [3.63, 3.8) is 0 Å². The molecule has 1 saturated carbocycles. The molecule has 0 aromatic carbocycles. The third kappa shape index (κ3) is 2.31. The fourth-order valence-electron chi connectivity index (χ4n) is 2.54. The summed E-state index contributed by atoms with van der Waals surface area (Å²) in [4.78, 5) is 4.20. The zero-order chi connectivity index (χ0) is 10.8. The number of rotatable bonds is 4. The average Bonchev–Trinajstić information content (AvgIpc) is 2.68. The summed E-state index contributed by atoms with van der Waals surface area (Å²) in [7, 11) is 0. The topological polar surface area (TPSA) is 15.3 Å². The first kappa shape index (κ1) is 10.8. The summed E-state index contributed by atoms with van der Waals surface area (Å²) in [6.45, 7) is 4.81. The van der Waals surface area contributed by atoms with Gasteiger partial charge >= 0.3 is 0 Å². The summed E-state index contributed by atoms with van der Waals surface area (Å²) in [5.74, 6) is 0. The van der Waals surface area contributed by atoms with Crippen molar-refractivity contribution in [3.8, 4) is 0 Å². The zero-order valence-corrected chi connectivity index (χ0v) is 10.6. The molecular weight excluding hydrogens is 216 g/mol. The summed E-state index contributed by atoms with van der Waals surface area (Å²) in [6, 6.07) is 3.13. The van der Waals surface area contributed by atoms with Gasteiger partial charge in [-0.2, -0.15) is 0 Å². The van der Waals surface area contributed by atoms with E-state index in [2.05, 4.69) is 21.7 Å². The molecule has 1 N–H and O–H groups in total. The van der Waals surface area contributed by atoms with Crippen molar-refractivity contribution in [2.24, 2.45) is 0 Å². The third-order valence-electron chi connectivity index (χ3n) is 3.85. The van der Waals surface area contributed by atoms with Crippen molar-refractivity contribution >= 4 is 11.3 Å². The Morgan fingerprint density at radius 2 is 2.38 bits per heavy atom. The summed E-state index contributed by atoms with van der Waals surface area (Å²) >= 11 is 1.93. The first-order chi connectivity index (χ1) is 7.92. The number of fused-ring (bicyclic) bond motifs is 1. The fraction of sp³-hybridized carbons (Fsp3) is 0.692. The van der Waals surface area contributed by atoms with Gasteiger partial charge in [0.2, 0.25) is 0 Å². The van der Waals surface area contributed by atoms with E-state index in [1.165, 1.54) is 51.9 Å². The fourth-order valence-corrected chi connectivity index (χ4v) is 3.43. The van der Waals surface area contributed by atoms with Gasteiger partial charge in [-0.3, -0.25) is 4.90 Å². The Kier molecular flexibility index (Phi) is 3.27. The lowest BCUT2D eigenvalue weighted by Crippen LogP contribution is -2.41. The minimum Gasteiger partial charge on any atom is -0.313 e. The standard InChI is InChI=1S/C13H20N2S/c1-2-12(3-1)14-6-8-15-7-4-13-11(10-15)5-9-16-13/h5,9,12,14H,1-4,6-8,10H2. The molecule has 0 amide bonds. The molecule has 0 bridgehead atoms. The molecule has 2 heterocycles. The molecule has 1 aromatic heterocycles. The van der Waals surface area contributed by atoms with Gasteiger partial charge in [0, 0.05) is 37.1 Å². The highest BCUT2D eigenvalue weighted by Crippen LogP contribution is 2.23. The second-order valence-corrected chi connectivity index (χ2v) is 5.98. The molecule has 2 nitrogen and oxygen atoms in total. The van der Waals surface area contributed by atoms with Gasteiger partial charge in [-0.15, -0.1) is 11.3 Å². The van der Waals surface area contributed by atoms with E-state index >= 15 is 0 Å². The van der Waals surface area contributed by atoms with Crippen LogP contribution in [0, 0.1) is 0 Å². The monoisotopic (exact) mass is 236 g/mol. The number of thiophene rings is 1. The maximum Gasteiger partial charge on any atom is 0.0245 e. The van der Waals surface area contributed by atoms with Gasteiger partial charge in [-0.05, 0) is 36.3 Å². The van der Waals surface area contributed by atoms with Gasteiger partial charge in [0.25, 0.3) is 0 Å². The lowest BCUT2D eigenvalue weighted by molar-refractivity contribution is 0.240. The summed E-state index contributed by atoms with van der Waals surface area (Å²) in [5.41, 5.74) is 1.57. The van der Waals surface area contributed by atoms with Crippen molar-refractivity contribution in [2.75, 3.05) is 19.6 Å². The Bertz CT molecular complexity index is 343. The van der Waals surface area contributed by atoms with Gasteiger partial charge in [0.15, 0.2) is 0 Å². The van der Waals surface area contributed by atoms with Crippen LogP contribution in [0.1, 0.15) is 29.7 Å². The van der Waals surface area contributed by atoms with E-state index in [1.807, 2.05) is 11.3 Å². The summed E-state index contributed by atoms with van der Waals surface area (Å²) in [6.07, 6.45) is 5.49. The van der Waals surface area contributed by atoms with Gasteiger partial charge in [-0.25, -0.2) is 0 Å². The van der Waals surface area contributed by atoms with E-state index in [0.29, 0.717) is 0 Å². The molecule has 0 saturated heterocycles. The van der Waals surface area contributed by atoms with Crippen LogP contribution in [0.25, 0.3) is 0 Å². The van der Waals surface area contributed by atoms with Gasteiger partial charge in [-0.1, -0.05) is 6.42 Å². The first-order valence-corrected chi connectivity index (χ1v) is 7.31. The third-order valence-corrected chi connectivity index (χ3v) is 4.88. The maximum absolute atomic E-state index is 3.65. The molecule has 16 heavy (non-hydrogen) atoms. The van der Waals surface area contributed by atoms with Crippen LogP contribution < -0.4 is 5.32 Å². The predicted molar refractivity (Wildman–Crippen MR) is 68.9 cm³/mol. The van der Waals surface area contributed by atoms with E-state index in [1.54, 1.807) is 10.4 Å². The summed E-state index contributed by atoms with van der Waals surface area (Å²) in [5, 5.41) is 5.88. The van der Waals surface area contributed by atoms with Crippen molar-refractivity contribution in [1.29, 1.82) is 0 Å². The molecule has 3 rings (SSSR count). The van der Waals surface area contributed by atoms with Gasteiger partial charge in [0.1, 0.15) is 0 Å². The van der Waals surface area contributed by atoms with Crippen LogP contribution in [0.3, 0.4) is 0 Å². The quantitative estimate of drug-likeness (QED) is 0.862. The van der Waals surface area contributed by atoms with E-state index in [9.17, 15) is 0 Å². The van der Waals surface area contributed by atoms with Gasteiger partial charge < -0.3 is 5.32 Å². The Balaban J connectivity index is 1.43. The normalized spacial score (nSPS) is 21.8. The first-order valence-electron chi connectivity index (χ1n) is 6.43. The molecule has 3 heteroatoms. The Labute approximate surface area is 102 Å². The van der Waals surface area contributed by atoms with Crippen LogP contribution in [0.5, 0.6) is 0 Å². The minimum absolute atomic E-state index is 0.835. The summed E-state index contributed by atoms with van der Waals surface area (Å²) < 4.78 is 0. The SMILES string of the molecule is c1cc2c(s1)CCN(CCNC1CCC1)C2. The second-order valence-electron chi connectivity index (χ2n) is 4.98. The number of nitrogens with zero attached hydrogens (tertiary/aromatic N) is 1. The van der Waals surface area contributed by atoms with Crippen molar-refractivity contribution in [3.05, 3.63) is 21.9 Å². The van der Waals surface area contributed by atoms with E-state index in [0.717, 1.165) is 6.04 Å². The Morgan fingerprint density at radius 1 is 1.44 bits per heavy atom. The highest BCUT2D eigenvalue weighted by molar-refractivity contribution is 7.10. The molecule has 1 aromatic rings. The van der Waals surface area contributed by atoms with Crippen molar-refractivity contribution in [1.82, 2.24) is 10.2 Å². The Hall–Kier alpha value is -0.380. The van der Waals surface area contributed by atoms with Crippen LogP contribution in [0.15, 0.2) is 11.4 Å². The maximum atomic E-state index is 3.65. The smallest absolute Gasteiger partial charge is 0.0245 e. The van der Waals surface area contributed by atoms with Crippen LogP contribution in [0.4, 0.5) is 0 Å². The van der Waals surface area contributed by atoms with E-state index in [-0.39, 0.29) is 0 Å². The molecule has 1 fully saturated rings. The minimum atomic E-state index is 0.835. The van der Waals surface area contributed by atoms with Crippen LogP contribution >= 0.6 is 11.3 Å². The molecule has 0 spiro atoms. The average molecular weight is 236 g/mol. The molecular formula is C13H20N2S. The van der Waals surface area contributed by atoms with Crippen LogP contribution in [-0.4, -0.2) is 30.6 Å². The number of nitrogens with one attached hydrogen (secondary N) is 1. The number of hydrogen-bond acceptors (Lipinski definition) is 3. The van der Waals surface area contributed by atoms with Gasteiger partial charge in [0.05, 0.1) is 0 Å². The lowest BCUT2D eigenvalue weighted by Gasteiger charge is -2.30. The van der Waals surface area contributed by atoms with E-state index < -0.39 is 0 Å². The molecule has 1 aliphatic carbocycles. The zero-order valence-electron chi connectivity index (χ0n) is 9.74. The predicted octanol–water partition coefficient (Wildman–Crippen LogP) is 2.25. The van der Waals surface area contributed by atoms with Crippen LogP contribution in [0.2, 0.25) is 0 Å². The highest BCUT2D eigenvalue weighted by atomic mass is 32.1. The largest absolute Gasteiger partial charge is 0.313 e. The Morgan fingerprint density at radius 3 is 3.19 bits per heavy atom. The highest BCUT2D eigenvalue weighted by Gasteiger charge is 2.19. The molecule has 1 aliphatic heterocycles. The molecule has 0 unspecified atom stereocenters. The van der Waals surface area contributed by atoms with E-state index in [4.69, 9.17) is 0 Å². The van der Waals surface area contributed by atoms with Crippen LogP contribution in [-0.2, 0) is 13.0 Å². The molecule has 0 radical (unpaired) electrons. The number of hydrogen-bond donors (Lipinski definition) is 1. The van der Waals surface area contributed by atoms with Crippen molar-refractivity contribution < 1.29 is 0 Å². The molecule has 88 valence electrons. The second kappa shape index (κ2) is 4.86.